The van der Waals surface area contributed by atoms with Crippen LogP contribution in [0.3, 0.4) is 0 Å². The molecule has 0 spiro atoms. The van der Waals surface area contributed by atoms with E-state index in [0.717, 1.165) is 43.5 Å². The minimum atomic E-state index is -3.79. The first-order chi connectivity index (χ1) is 13.8. The summed E-state index contributed by atoms with van der Waals surface area (Å²) in [5.41, 5.74) is 2.15. The molecular formula is C21H29FN4O2S. The van der Waals surface area contributed by atoms with Gasteiger partial charge in [-0.15, -0.1) is 0 Å². The van der Waals surface area contributed by atoms with E-state index in [0.29, 0.717) is 0 Å². The minimum absolute atomic E-state index is 0.0578. The maximum atomic E-state index is 13.5. The van der Waals surface area contributed by atoms with E-state index in [1.54, 1.807) is 0 Å². The SMILES string of the molecule is CN1CCN([C@@H](CNS(=O)(=O)c2cccc(F)c2)c2ccc(N(C)C)cc2)CC1. The van der Waals surface area contributed by atoms with Gasteiger partial charge in [0.05, 0.1) is 4.90 Å². The Bertz CT molecular complexity index is 911. The fourth-order valence-electron chi connectivity index (χ4n) is 3.49. The number of halogens is 1. The summed E-state index contributed by atoms with van der Waals surface area (Å²) >= 11 is 0. The van der Waals surface area contributed by atoms with Gasteiger partial charge in [0.15, 0.2) is 0 Å². The second-order valence-electron chi connectivity index (χ2n) is 7.65. The molecule has 0 aliphatic carbocycles. The number of nitrogens with one attached hydrogen (secondary N) is 1. The van der Waals surface area contributed by atoms with Crippen LogP contribution in [0.25, 0.3) is 0 Å². The minimum Gasteiger partial charge on any atom is -0.378 e. The van der Waals surface area contributed by atoms with Crippen molar-refractivity contribution in [1.82, 2.24) is 14.5 Å². The Morgan fingerprint density at radius 2 is 1.72 bits per heavy atom. The third-order valence-corrected chi connectivity index (χ3v) is 6.77. The fourth-order valence-corrected chi connectivity index (χ4v) is 4.56. The van der Waals surface area contributed by atoms with Gasteiger partial charge >= 0.3 is 0 Å². The third kappa shape index (κ3) is 5.54. The number of hydrogen-bond donors (Lipinski definition) is 1. The van der Waals surface area contributed by atoms with Crippen LogP contribution in [0.2, 0.25) is 0 Å². The zero-order valence-electron chi connectivity index (χ0n) is 17.2. The summed E-state index contributed by atoms with van der Waals surface area (Å²) in [4.78, 5) is 6.54. The number of rotatable bonds is 7. The number of benzene rings is 2. The Balaban J connectivity index is 1.81. The molecule has 2 aromatic carbocycles. The van der Waals surface area contributed by atoms with Crippen molar-refractivity contribution in [3.05, 3.63) is 59.9 Å². The molecule has 0 amide bonds. The van der Waals surface area contributed by atoms with E-state index in [1.165, 1.54) is 18.2 Å². The highest BCUT2D eigenvalue weighted by Gasteiger charge is 2.26. The van der Waals surface area contributed by atoms with Crippen molar-refractivity contribution < 1.29 is 12.8 Å². The largest absolute Gasteiger partial charge is 0.378 e. The monoisotopic (exact) mass is 420 g/mol. The van der Waals surface area contributed by atoms with Crippen molar-refractivity contribution in [3.8, 4) is 0 Å². The number of piperazine rings is 1. The Hall–Kier alpha value is -2.00. The molecule has 1 N–H and O–H groups in total. The molecule has 0 bridgehead atoms. The Morgan fingerprint density at radius 3 is 2.31 bits per heavy atom. The van der Waals surface area contributed by atoms with Gasteiger partial charge in [0.2, 0.25) is 10.0 Å². The quantitative estimate of drug-likeness (QED) is 0.744. The van der Waals surface area contributed by atoms with E-state index in [4.69, 9.17) is 0 Å². The predicted octanol–water partition coefficient (Wildman–Crippen LogP) is 2.16. The van der Waals surface area contributed by atoms with Gasteiger partial charge in [-0.05, 0) is 42.9 Å². The van der Waals surface area contributed by atoms with E-state index >= 15 is 0 Å². The van der Waals surface area contributed by atoms with E-state index < -0.39 is 15.8 Å². The summed E-state index contributed by atoms with van der Waals surface area (Å²) in [5.74, 6) is -0.567. The Morgan fingerprint density at radius 1 is 1.07 bits per heavy atom. The van der Waals surface area contributed by atoms with Crippen LogP contribution >= 0.6 is 0 Å². The standard InChI is InChI=1S/C21H29FN4O2S/c1-24(2)19-9-7-17(8-10-19)21(26-13-11-25(3)12-14-26)16-23-29(27,28)20-6-4-5-18(22)15-20/h4-10,15,21,23H,11-14,16H2,1-3H3/t21-/m0/s1. The van der Waals surface area contributed by atoms with Crippen LogP contribution in [0.4, 0.5) is 10.1 Å². The molecule has 0 unspecified atom stereocenters. The Kier molecular flexibility index (Phi) is 6.89. The molecule has 6 nitrogen and oxygen atoms in total. The number of sulfonamides is 1. The number of likely N-dealkylation sites (N-methyl/N-ethyl adjacent to an activating group) is 1. The molecule has 2 aromatic rings. The van der Waals surface area contributed by atoms with Crippen molar-refractivity contribution in [2.45, 2.75) is 10.9 Å². The predicted molar refractivity (Wildman–Crippen MR) is 114 cm³/mol. The van der Waals surface area contributed by atoms with Gasteiger partial charge in [0.1, 0.15) is 5.82 Å². The lowest BCUT2D eigenvalue weighted by molar-refractivity contribution is 0.113. The van der Waals surface area contributed by atoms with Crippen molar-refractivity contribution in [1.29, 1.82) is 0 Å². The molecule has 1 saturated heterocycles. The second kappa shape index (κ2) is 9.21. The summed E-state index contributed by atoms with van der Waals surface area (Å²) in [6.45, 7) is 3.81. The first-order valence-electron chi connectivity index (χ1n) is 9.71. The summed E-state index contributed by atoms with van der Waals surface area (Å²) in [7, 11) is 2.27. The van der Waals surface area contributed by atoms with Gasteiger partial charge in [0.25, 0.3) is 0 Å². The zero-order valence-corrected chi connectivity index (χ0v) is 18.0. The van der Waals surface area contributed by atoms with Gasteiger partial charge in [-0.25, -0.2) is 17.5 Å². The van der Waals surface area contributed by atoms with Crippen LogP contribution in [0.1, 0.15) is 11.6 Å². The van der Waals surface area contributed by atoms with Gasteiger partial charge in [-0.2, -0.15) is 0 Å². The van der Waals surface area contributed by atoms with Crippen LogP contribution in [0.5, 0.6) is 0 Å². The van der Waals surface area contributed by atoms with Crippen molar-refractivity contribution in [2.24, 2.45) is 0 Å². The molecule has 8 heteroatoms. The van der Waals surface area contributed by atoms with Gasteiger partial charge < -0.3 is 9.80 Å². The van der Waals surface area contributed by atoms with Gasteiger partial charge in [0, 0.05) is 58.5 Å². The summed E-state index contributed by atoms with van der Waals surface area (Å²) < 4.78 is 41.5. The lowest BCUT2D eigenvalue weighted by atomic mass is 10.0. The zero-order chi connectivity index (χ0) is 21.0. The summed E-state index contributed by atoms with van der Waals surface area (Å²) in [6.07, 6.45) is 0. The maximum Gasteiger partial charge on any atom is 0.240 e. The Labute approximate surface area is 173 Å². The number of hydrogen-bond acceptors (Lipinski definition) is 5. The number of nitrogens with zero attached hydrogens (tertiary/aromatic N) is 3. The number of anilines is 1. The van der Waals surface area contributed by atoms with E-state index in [1.807, 2.05) is 31.1 Å². The van der Waals surface area contributed by atoms with Gasteiger partial charge in [-0.1, -0.05) is 18.2 Å². The van der Waals surface area contributed by atoms with Crippen molar-refractivity contribution >= 4 is 15.7 Å². The highest BCUT2D eigenvalue weighted by Crippen LogP contribution is 2.24. The summed E-state index contributed by atoms with van der Waals surface area (Å²) in [6, 6.07) is 13.2. The maximum absolute atomic E-state index is 13.5. The lowest BCUT2D eigenvalue weighted by Crippen LogP contribution is -2.48. The molecule has 158 valence electrons. The molecule has 1 fully saturated rings. The van der Waals surface area contributed by atoms with Gasteiger partial charge in [-0.3, -0.25) is 4.90 Å². The molecule has 3 rings (SSSR count). The van der Waals surface area contributed by atoms with Crippen LogP contribution in [-0.4, -0.2) is 72.1 Å². The highest BCUT2D eigenvalue weighted by atomic mass is 32.2. The first kappa shape index (κ1) is 21.7. The van der Waals surface area contributed by atoms with Crippen molar-refractivity contribution in [3.63, 3.8) is 0 Å². The van der Waals surface area contributed by atoms with Crippen LogP contribution in [-0.2, 0) is 10.0 Å². The molecule has 1 atom stereocenters. The van der Waals surface area contributed by atoms with E-state index in [-0.39, 0.29) is 17.5 Å². The smallest absolute Gasteiger partial charge is 0.240 e. The molecule has 0 aromatic heterocycles. The summed E-state index contributed by atoms with van der Waals surface area (Å²) in [5, 5.41) is 0. The molecule has 0 radical (unpaired) electrons. The average Bonchev–Trinajstić information content (AvgIpc) is 2.70. The van der Waals surface area contributed by atoms with Crippen molar-refractivity contribution in [2.75, 3.05) is 58.8 Å². The molecule has 29 heavy (non-hydrogen) atoms. The fraction of sp³-hybridized carbons (Fsp3) is 0.429. The highest BCUT2D eigenvalue weighted by molar-refractivity contribution is 7.89. The lowest BCUT2D eigenvalue weighted by Gasteiger charge is -2.38. The topological polar surface area (TPSA) is 55.9 Å². The molecular weight excluding hydrogens is 391 g/mol. The van der Waals surface area contributed by atoms with Crippen LogP contribution in [0, 0.1) is 5.82 Å². The third-order valence-electron chi connectivity index (χ3n) is 5.35. The van der Waals surface area contributed by atoms with Crippen LogP contribution in [0.15, 0.2) is 53.4 Å². The van der Waals surface area contributed by atoms with E-state index in [9.17, 15) is 12.8 Å². The molecule has 1 aliphatic heterocycles. The molecule has 0 saturated carbocycles. The van der Waals surface area contributed by atoms with Crippen LogP contribution < -0.4 is 9.62 Å². The molecule has 1 aliphatic rings. The van der Waals surface area contributed by atoms with E-state index in [2.05, 4.69) is 33.7 Å². The molecule has 1 heterocycles. The normalized spacial score (nSPS) is 17.2. The average molecular weight is 421 g/mol. The second-order valence-corrected chi connectivity index (χ2v) is 9.42. The first-order valence-corrected chi connectivity index (χ1v) is 11.2.